The van der Waals surface area contributed by atoms with E-state index in [4.69, 9.17) is 32.7 Å². The fourth-order valence-electron chi connectivity index (χ4n) is 3.51. The van der Waals surface area contributed by atoms with Crippen molar-refractivity contribution in [2.75, 3.05) is 11.9 Å². The van der Waals surface area contributed by atoms with Crippen molar-refractivity contribution < 1.29 is 9.47 Å². The van der Waals surface area contributed by atoms with Crippen LogP contribution in [-0.2, 0) is 13.2 Å². The molecule has 0 heterocycles. The second-order valence-corrected chi connectivity index (χ2v) is 7.96. The Morgan fingerprint density at radius 1 is 0.806 bits per heavy atom. The van der Waals surface area contributed by atoms with E-state index in [2.05, 4.69) is 29.6 Å². The van der Waals surface area contributed by atoms with Crippen molar-refractivity contribution in [3.63, 3.8) is 0 Å². The minimum Gasteiger partial charge on any atom is -0.494 e. The first-order valence-electron chi connectivity index (χ1n) is 10.2. The molecule has 4 aromatic rings. The molecule has 0 aliphatic heterocycles. The van der Waals surface area contributed by atoms with Crippen LogP contribution >= 0.6 is 23.2 Å². The van der Waals surface area contributed by atoms with Gasteiger partial charge in [0.1, 0.15) is 18.1 Å². The average Bonchev–Trinajstić information content (AvgIpc) is 2.78. The standard InChI is InChI=1S/C26H23Cl2NO2/c1-2-30-23-12-10-22(11-13-23)29-16-20-14-21(27)15-25(28)26(20)31-17-19-8-5-7-18-6-3-4-9-24(18)19/h3-15,29H,2,16-17H2,1H3. The first kappa shape index (κ1) is 21.4. The molecule has 0 atom stereocenters. The van der Waals surface area contributed by atoms with Crippen molar-refractivity contribution in [2.45, 2.75) is 20.1 Å². The molecular weight excluding hydrogens is 429 g/mol. The average molecular weight is 452 g/mol. The Hall–Kier alpha value is -2.88. The number of nitrogens with one attached hydrogen (secondary N) is 1. The summed E-state index contributed by atoms with van der Waals surface area (Å²) in [7, 11) is 0. The quantitative estimate of drug-likeness (QED) is 0.297. The highest BCUT2D eigenvalue weighted by Crippen LogP contribution is 2.34. The molecule has 0 bridgehead atoms. The van der Waals surface area contributed by atoms with Crippen LogP contribution < -0.4 is 14.8 Å². The summed E-state index contributed by atoms with van der Waals surface area (Å²) in [4.78, 5) is 0. The maximum Gasteiger partial charge on any atom is 0.143 e. The number of halogens is 2. The normalized spacial score (nSPS) is 10.8. The lowest BCUT2D eigenvalue weighted by atomic mass is 10.1. The molecular formula is C26H23Cl2NO2. The third kappa shape index (κ3) is 5.25. The van der Waals surface area contributed by atoms with Gasteiger partial charge in [-0.2, -0.15) is 0 Å². The number of benzene rings is 4. The maximum absolute atomic E-state index is 6.50. The van der Waals surface area contributed by atoms with Gasteiger partial charge in [0, 0.05) is 22.8 Å². The lowest BCUT2D eigenvalue weighted by molar-refractivity contribution is 0.305. The van der Waals surface area contributed by atoms with Gasteiger partial charge < -0.3 is 14.8 Å². The Bertz CT molecular complexity index is 1170. The topological polar surface area (TPSA) is 30.5 Å². The number of hydrogen-bond donors (Lipinski definition) is 1. The minimum absolute atomic E-state index is 0.415. The van der Waals surface area contributed by atoms with E-state index in [1.165, 1.54) is 10.8 Å². The van der Waals surface area contributed by atoms with Crippen LogP contribution in [0.5, 0.6) is 11.5 Å². The number of rotatable bonds is 8. The first-order chi connectivity index (χ1) is 15.1. The van der Waals surface area contributed by atoms with Gasteiger partial charge in [0.15, 0.2) is 0 Å². The molecule has 0 saturated heterocycles. The molecule has 4 rings (SSSR count). The van der Waals surface area contributed by atoms with Crippen molar-refractivity contribution in [3.05, 3.63) is 100 Å². The lowest BCUT2D eigenvalue weighted by Gasteiger charge is -2.16. The summed E-state index contributed by atoms with van der Waals surface area (Å²) in [5, 5.41) is 6.83. The molecule has 0 aromatic heterocycles. The van der Waals surface area contributed by atoms with E-state index in [0.717, 1.165) is 22.6 Å². The zero-order valence-electron chi connectivity index (χ0n) is 17.2. The summed E-state index contributed by atoms with van der Waals surface area (Å²) >= 11 is 12.8. The second kappa shape index (κ2) is 9.95. The van der Waals surface area contributed by atoms with Crippen LogP contribution in [0.15, 0.2) is 78.9 Å². The highest BCUT2D eigenvalue weighted by atomic mass is 35.5. The SMILES string of the molecule is CCOc1ccc(NCc2cc(Cl)cc(Cl)c2OCc2cccc3ccccc23)cc1. The van der Waals surface area contributed by atoms with Gasteiger partial charge in [-0.05, 0) is 59.7 Å². The number of fused-ring (bicyclic) bond motifs is 1. The van der Waals surface area contributed by atoms with Crippen molar-refractivity contribution in [2.24, 2.45) is 0 Å². The molecule has 1 N–H and O–H groups in total. The van der Waals surface area contributed by atoms with Gasteiger partial charge >= 0.3 is 0 Å². The summed E-state index contributed by atoms with van der Waals surface area (Å²) in [5.74, 6) is 1.48. The third-order valence-corrected chi connectivity index (χ3v) is 5.48. The summed E-state index contributed by atoms with van der Waals surface area (Å²) in [5.41, 5.74) is 2.97. The zero-order valence-corrected chi connectivity index (χ0v) is 18.7. The lowest BCUT2D eigenvalue weighted by Crippen LogP contribution is -2.05. The molecule has 3 nitrogen and oxygen atoms in total. The van der Waals surface area contributed by atoms with Crippen molar-refractivity contribution >= 4 is 39.7 Å². The van der Waals surface area contributed by atoms with Gasteiger partial charge in [0.25, 0.3) is 0 Å². The zero-order chi connectivity index (χ0) is 21.6. The van der Waals surface area contributed by atoms with E-state index in [-0.39, 0.29) is 0 Å². The van der Waals surface area contributed by atoms with Gasteiger partial charge in [0.05, 0.1) is 11.6 Å². The van der Waals surface area contributed by atoms with Gasteiger partial charge in [-0.25, -0.2) is 0 Å². The molecule has 5 heteroatoms. The van der Waals surface area contributed by atoms with E-state index in [0.29, 0.717) is 35.6 Å². The van der Waals surface area contributed by atoms with Crippen molar-refractivity contribution in [1.82, 2.24) is 0 Å². The van der Waals surface area contributed by atoms with Crippen molar-refractivity contribution in [1.29, 1.82) is 0 Å². The van der Waals surface area contributed by atoms with E-state index >= 15 is 0 Å². The minimum atomic E-state index is 0.415. The van der Waals surface area contributed by atoms with E-state index in [1.807, 2.05) is 55.5 Å². The predicted molar refractivity (Wildman–Crippen MR) is 130 cm³/mol. The van der Waals surface area contributed by atoms with Gasteiger partial charge in [0.2, 0.25) is 0 Å². The summed E-state index contributed by atoms with van der Waals surface area (Å²) in [6.07, 6.45) is 0. The Labute approximate surface area is 192 Å². The van der Waals surface area contributed by atoms with Crippen LogP contribution in [0.2, 0.25) is 10.0 Å². The molecule has 0 radical (unpaired) electrons. The molecule has 0 unspecified atom stereocenters. The number of hydrogen-bond acceptors (Lipinski definition) is 3. The van der Waals surface area contributed by atoms with Crippen LogP contribution in [0.4, 0.5) is 5.69 Å². The second-order valence-electron chi connectivity index (χ2n) is 7.11. The van der Waals surface area contributed by atoms with E-state index in [9.17, 15) is 0 Å². The van der Waals surface area contributed by atoms with E-state index in [1.54, 1.807) is 6.07 Å². The van der Waals surface area contributed by atoms with Crippen LogP contribution in [0.1, 0.15) is 18.1 Å². The van der Waals surface area contributed by atoms with Crippen LogP contribution in [0.3, 0.4) is 0 Å². The third-order valence-electron chi connectivity index (χ3n) is 4.99. The smallest absolute Gasteiger partial charge is 0.143 e. The Morgan fingerprint density at radius 3 is 2.39 bits per heavy atom. The highest BCUT2D eigenvalue weighted by Gasteiger charge is 2.12. The molecule has 0 aliphatic rings. The fourth-order valence-corrected chi connectivity index (χ4v) is 4.10. The Kier molecular flexibility index (Phi) is 6.86. The molecule has 0 fully saturated rings. The van der Waals surface area contributed by atoms with Gasteiger partial charge in [-0.15, -0.1) is 0 Å². The Morgan fingerprint density at radius 2 is 1.58 bits per heavy atom. The molecule has 0 amide bonds. The number of anilines is 1. The van der Waals surface area contributed by atoms with Crippen LogP contribution in [-0.4, -0.2) is 6.61 Å². The van der Waals surface area contributed by atoms with Crippen LogP contribution in [0, 0.1) is 0 Å². The highest BCUT2D eigenvalue weighted by molar-refractivity contribution is 6.35. The molecule has 31 heavy (non-hydrogen) atoms. The van der Waals surface area contributed by atoms with Crippen molar-refractivity contribution in [3.8, 4) is 11.5 Å². The Balaban J connectivity index is 1.52. The maximum atomic E-state index is 6.50. The van der Waals surface area contributed by atoms with E-state index < -0.39 is 0 Å². The predicted octanol–water partition coefficient (Wildman–Crippen LogP) is 7.74. The fraction of sp³-hybridized carbons (Fsp3) is 0.154. The van der Waals surface area contributed by atoms with Gasteiger partial charge in [-0.3, -0.25) is 0 Å². The summed E-state index contributed by atoms with van der Waals surface area (Å²) in [6, 6.07) is 25.9. The first-order valence-corrected chi connectivity index (χ1v) is 10.9. The number of ether oxygens (including phenoxy) is 2. The molecule has 4 aromatic carbocycles. The molecule has 0 spiro atoms. The molecule has 0 aliphatic carbocycles. The largest absolute Gasteiger partial charge is 0.494 e. The van der Waals surface area contributed by atoms with Crippen LogP contribution in [0.25, 0.3) is 10.8 Å². The molecule has 0 saturated carbocycles. The van der Waals surface area contributed by atoms with Gasteiger partial charge in [-0.1, -0.05) is 65.7 Å². The molecule has 158 valence electrons. The summed E-state index contributed by atoms with van der Waals surface area (Å²) in [6.45, 7) is 3.55. The summed E-state index contributed by atoms with van der Waals surface area (Å²) < 4.78 is 11.7. The monoisotopic (exact) mass is 451 g/mol.